The molecule has 0 aromatic heterocycles. The average molecular weight is 280 g/mol. The van der Waals surface area contributed by atoms with Crippen molar-refractivity contribution < 1.29 is 9.90 Å². The summed E-state index contributed by atoms with van der Waals surface area (Å²) >= 11 is 0. The van der Waals surface area contributed by atoms with Crippen molar-refractivity contribution in [3.8, 4) is 0 Å². The van der Waals surface area contributed by atoms with Crippen LogP contribution in [0.1, 0.15) is 51.4 Å². The van der Waals surface area contributed by atoms with Crippen molar-refractivity contribution in [1.29, 1.82) is 0 Å². The minimum absolute atomic E-state index is 0.106. The van der Waals surface area contributed by atoms with Crippen LogP contribution in [0.15, 0.2) is 0 Å². The second kappa shape index (κ2) is 6.02. The molecule has 114 valence electrons. The van der Waals surface area contributed by atoms with Crippen LogP contribution in [0.2, 0.25) is 0 Å². The summed E-state index contributed by atoms with van der Waals surface area (Å²) < 4.78 is 0. The van der Waals surface area contributed by atoms with E-state index in [1.807, 2.05) is 4.90 Å². The molecule has 0 aromatic rings. The number of hydrogen-bond acceptors (Lipinski definition) is 3. The third-order valence-corrected chi connectivity index (χ3v) is 5.79. The standard InChI is InChI=1S/C16H28N2O2/c19-14-5-6-16(14)7-11-18(12-8-16)15(20)13-17-9-3-1-2-4-10-17/h14,19H,1-13H2. The van der Waals surface area contributed by atoms with Crippen molar-refractivity contribution in [3.05, 3.63) is 0 Å². The Balaban J connectivity index is 1.46. The van der Waals surface area contributed by atoms with Gasteiger partial charge in [-0.05, 0) is 57.0 Å². The first-order chi connectivity index (χ1) is 9.70. The monoisotopic (exact) mass is 280 g/mol. The van der Waals surface area contributed by atoms with E-state index < -0.39 is 0 Å². The minimum atomic E-state index is -0.106. The first-order valence-electron chi connectivity index (χ1n) is 8.38. The number of aliphatic hydroxyl groups excluding tert-OH is 1. The van der Waals surface area contributed by atoms with E-state index in [1.54, 1.807) is 0 Å². The van der Waals surface area contributed by atoms with Crippen LogP contribution < -0.4 is 0 Å². The molecule has 0 radical (unpaired) electrons. The number of carbonyl (C=O) groups excluding carboxylic acids is 1. The predicted octanol–water partition coefficient (Wildman–Crippen LogP) is 1.63. The molecule has 1 atom stereocenters. The zero-order valence-electron chi connectivity index (χ0n) is 12.5. The molecule has 1 saturated carbocycles. The van der Waals surface area contributed by atoms with Crippen LogP contribution in [0, 0.1) is 5.41 Å². The van der Waals surface area contributed by atoms with Gasteiger partial charge in [0.05, 0.1) is 12.6 Å². The Kier molecular flexibility index (Phi) is 4.32. The normalized spacial score (nSPS) is 30.9. The van der Waals surface area contributed by atoms with E-state index in [0.717, 1.165) is 51.9 Å². The molecule has 1 unspecified atom stereocenters. The van der Waals surface area contributed by atoms with Gasteiger partial charge in [-0.15, -0.1) is 0 Å². The summed E-state index contributed by atoms with van der Waals surface area (Å²) in [6.45, 7) is 4.48. The van der Waals surface area contributed by atoms with Gasteiger partial charge in [-0.3, -0.25) is 9.69 Å². The number of amides is 1. The molecule has 20 heavy (non-hydrogen) atoms. The summed E-state index contributed by atoms with van der Waals surface area (Å²) in [6.07, 6.45) is 9.11. The van der Waals surface area contributed by atoms with Crippen LogP contribution in [-0.4, -0.2) is 59.6 Å². The van der Waals surface area contributed by atoms with Crippen molar-refractivity contribution >= 4 is 5.91 Å². The number of carbonyl (C=O) groups is 1. The maximum Gasteiger partial charge on any atom is 0.236 e. The van der Waals surface area contributed by atoms with Gasteiger partial charge in [0.1, 0.15) is 0 Å². The Morgan fingerprint density at radius 2 is 1.65 bits per heavy atom. The zero-order chi connectivity index (χ0) is 14.0. The molecule has 3 aliphatic rings. The number of rotatable bonds is 2. The van der Waals surface area contributed by atoms with Crippen molar-refractivity contribution in [2.75, 3.05) is 32.7 Å². The summed E-state index contributed by atoms with van der Waals surface area (Å²) in [5, 5.41) is 9.93. The smallest absolute Gasteiger partial charge is 0.236 e. The zero-order valence-corrected chi connectivity index (χ0v) is 12.5. The molecule has 0 aromatic carbocycles. The maximum absolute atomic E-state index is 12.4. The van der Waals surface area contributed by atoms with E-state index in [2.05, 4.69) is 4.90 Å². The Bertz CT molecular complexity index is 342. The molecule has 1 amide bonds. The van der Waals surface area contributed by atoms with Gasteiger partial charge >= 0.3 is 0 Å². The molecule has 2 heterocycles. The number of hydrogen-bond donors (Lipinski definition) is 1. The van der Waals surface area contributed by atoms with Crippen molar-refractivity contribution in [2.24, 2.45) is 5.41 Å². The van der Waals surface area contributed by atoms with Crippen molar-refractivity contribution in [1.82, 2.24) is 9.80 Å². The molecule has 1 aliphatic carbocycles. The van der Waals surface area contributed by atoms with Gasteiger partial charge < -0.3 is 10.0 Å². The largest absolute Gasteiger partial charge is 0.393 e. The third-order valence-electron chi connectivity index (χ3n) is 5.79. The first-order valence-corrected chi connectivity index (χ1v) is 8.38. The summed E-state index contributed by atoms with van der Waals surface area (Å²) in [5.74, 6) is 0.301. The molecule has 4 heteroatoms. The van der Waals surface area contributed by atoms with Crippen LogP contribution in [0.25, 0.3) is 0 Å². The maximum atomic E-state index is 12.4. The number of aliphatic hydroxyl groups is 1. The topological polar surface area (TPSA) is 43.8 Å². The van der Waals surface area contributed by atoms with Crippen LogP contribution in [0.3, 0.4) is 0 Å². The molecule has 1 N–H and O–H groups in total. The van der Waals surface area contributed by atoms with Crippen LogP contribution >= 0.6 is 0 Å². The lowest BCUT2D eigenvalue weighted by molar-refractivity contribution is -0.142. The lowest BCUT2D eigenvalue weighted by atomic mass is 9.61. The highest BCUT2D eigenvalue weighted by atomic mass is 16.3. The summed E-state index contributed by atoms with van der Waals surface area (Å²) in [4.78, 5) is 16.8. The number of likely N-dealkylation sites (tertiary alicyclic amines) is 2. The molecule has 0 bridgehead atoms. The van der Waals surface area contributed by atoms with Gasteiger partial charge in [0.15, 0.2) is 0 Å². The second-order valence-electron chi connectivity index (χ2n) is 6.99. The highest BCUT2D eigenvalue weighted by Crippen LogP contribution is 2.48. The van der Waals surface area contributed by atoms with E-state index in [-0.39, 0.29) is 11.5 Å². The SMILES string of the molecule is O=C(CN1CCCCCC1)N1CCC2(CCC2O)CC1. The second-order valence-corrected chi connectivity index (χ2v) is 6.99. The fraction of sp³-hybridized carbons (Fsp3) is 0.938. The molecule has 4 nitrogen and oxygen atoms in total. The van der Waals surface area contributed by atoms with Crippen LogP contribution in [-0.2, 0) is 4.79 Å². The fourth-order valence-electron chi connectivity index (χ4n) is 4.05. The predicted molar refractivity (Wildman–Crippen MR) is 78.4 cm³/mol. The molecule has 3 rings (SSSR count). The highest BCUT2D eigenvalue weighted by molar-refractivity contribution is 5.78. The Morgan fingerprint density at radius 1 is 1.00 bits per heavy atom. The molecule has 2 saturated heterocycles. The lowest BCUT2D eigenvalue weighted by Gasteiger charge is -2.51. The summed E-state index contributed by atoms with van der Waals surface area (Å²) in [6, 6.07) is 0. The van der Waals surface area contributed by atoms with E-state index in [4.69, 9.17) is 0 Å². The number of piperidine rings is 1. The van der Waals surface area contributed by atoms with Crippen molar-refractivity contribution in [3.63, 3.8) is 0 Å². The average Bonchev–Trinajstić information content (AvgIpc) is 2.74. The quantitative estimate of drug-likeness (QED) is 0.836. The lowest BCUT2D eigenvalue weighted by Crippen LogP contribution is -2.54. The minimum Gasteiger partial charge on any atom is -0.393 e. The molecular formula is C16H28N2O2. The van der Waals surface area contributed by atoms with E-state index in [1.165, 1.54) is 25.7 Å². The van der Waals surface area contributed by atoms with Gasteiger partial charge in [0, 0.05) is 13.1 Å². The molecule has 2 aliphatic heterocycles. The number of nitrogens with zero attached hydrogens (tertiary/aromatic N) is 2. The van der Waals surface area contributed by atoms with Gasteiger partial charge in [-0.2, -0.15) is 0 Å². The van der Waals surface area contributed by atoms with Gasteiger partial charge in [0.25, 0.3) is 0 Å². The molecule has 1 spiro atoms. The first kappa shape index (κ1) is 14.3. The van der Waals surface area contributed by atoms with Crippen molar-refractivity contribution in [2.45, 2.75) is 57.5 Å². The van der Waals surface area contributed by atoms with Crippen LogP contribution in [0.5, 0.6) is 0 Å². The highest BCUT2D eigenvalue weighted by Gasteiger charge is 2.47. The van der Waals surface area contributed by atoms with Gasteiger partial charge in [0.2, 0.25) is 5.91 Å². The van der Waals surface area contributed by atoms with E-state index >= 15 is 0 Å². The Hall–Kier alpha value is -0.610. The molecule has 3 fully saturated rings. The molecular weight excluding hydrogens is 252 g/mol. The fourth-order valence-corrected chi connectivity index (χ4v) is 4.05. The van der Waals surface area contributed by atoms with Gasteiger partial charge in [-0.25, -0.2) is 0 Å². The van der Waals surface area contributed by atoms with Crippen LogP contribution in [0.4, 0.5) is 0 Å². The van der Waals surface area contributed by atoms with E-state index in [9.17, 15) is 9.90 Å². The Morgan fingerprint density at radius 3 is 2.15 bits per heavy atom. The third kappa shape index (κ3) is 2.86. The summed E-state index contributed by atoms with van der Waals surface area (Å²) in [5.41, 5.74) is 0.166. The van der Waals surface area contributed by atoms with E-state index in [0.29, 0.717) is 12.5 Å². The summed E-state index contributed by atoms with van der Waals surface area (Å²) in [7, 11) is 0. The van der Waals surface area contributed by atoms with Gasteiger partial charge in [-0.1, -0.05) is 12.8 Å². The Labute approximate surface area is 122 Å².